The molecule has 0 aromatic carbocycles. The van der Waals surface area contributed by atoms with Crippen LogP contribution in [-0.4, -0.2) is 67.6 Å². The zero-order valence-electron chi connectivity index (χ0n) is 17.4. The van der Waals surface area contributed by atoms with Gasteiger partial charge in [0.1, 0.15) is 5.76 Å². The lowest BCUT2D eigenvalue weighted by atomic mass is 10.2. The minimum atomic E-state index is 0. The molecule has 0 spiro atoms. The Hall–Kier alpha value is -0.800. The Morgan fingerprint density at radius 1 is 1.26 bits per heavy atom. The van der Waals surface area contributed by atoms with E-state index in [9.17, 15) is 0 Å². The number of rotatable bonds is 10. The van der Waals surface area contributed by atoms with Crippen molar-refractivity contribution < 1.29 is 4.42 Å². The molecule has 1 aromatic heterocycles. The normalized spacial score (nSPS) is 16.6. The van der Waals surface area contributed by atoms with E-state index in [0.717, 1.165) is 51.0 Å². The van der Waals surface area contributed by atoms with Crippen molar-refractivity contribution in [2.24, 2.45) is 4.99 Å². The predicted octanol–water partition coefficient (Wildman–Crippen LogP) is 3.32. The average molecular weight is 491 g/mol. The van der Waals surface area contributed by atoms with Crippen molar-refractivity contribution in [2.45, 2.75) is 52.6 Å². The third-order valence-electron chi connectivity index (χ3n) is 5.05. The number of guanidine groups is 1. The van der Waals surface area contributed by atoms with E-state index in [4.69, 9.17) is 9.41 Å². The summed E-state index contributed by atoms with van der Waals surface area (Å²) in [6.45, 7) is 15.6. The highest BCUT2D eigenvalue weighted by Crippen LogP contribution is 2.25. The van der Waals surface area contributed by atoms with Gasteiger partial charge in [-0.2, -0.15) is 0 Å². The maximum absolute atomic E-state index is 5.70. The molecule has 0 aliphatic carbocycles. The lowest BCUT2D eigenvalue weighted by molar-refractivity contribution is 0.221. The zero-order chi connectivity index (χ0) is 18.8. The van der Waals surface area contributed by atoms with Crippen LogP contribution in [0.2, 0.25) is 0 Å². The topological polar surface area (TPSA) is 56.0 Å². The van der Waals surface area contributed by atoms with Crippen LogP contribution in [0.15, 0.2) is 27.8 Å². The quantitative estimate of drug-likeness (QED) is 0.299. The molecular formula is C20H38IN5O. The highest BCUT2D eigenvalue weighted by Gasteiger charge is 2.25. The number of furan rings is 1. The lowest BCUT2D eigenvalue weighted by Crippen LogP contribution is -2.43. The third kappa shape index (κ3) is 7.99. The molecule has 2 rings (SSSR count). The van der Waals surface area contributed by atoms with Crippen LogP contribution in [0, 0.1) is 0 Å². The van der Waals surface area contributed by atoms with E-state index in [-0.39, 0.29) is 30.0 Å². The Kier molecular flexibility index (Phi) is 12.0. The number of nitrogens with zero attached hydrogens (tertiary/aromatic N) is 3. The molecule has 1 unspecified atom stereocenters. The minimum absolute atomic E-state index is 0. The van der Waals surface area contributed by atoms with E-state index in [2.05, 4.69) is 54.2 Å². The number of likely N-dealkylation sites (tertiary alicyclic amines) is 1. The summed E-state index contributed by atoms with van der Waals surface area (Å²) in [5.41, 5.74) is 0. The van der Waals surface area contributed by atoms with Crippen molar-refractivity contribution >= 4 is 29.9 Å². The first-order valence-electron chi connectivity index (χ1n) is 10.2. The first kappa shape index (κ1) is 24.2. The van der Waals surface area contributed by atoms with E-state index >= 15 is 0 Å². The molecule has 1 saturated heterocycles. The fourth-order valence-corrected chi connectivity index (χ4v) is 3.54. The standard InChI is InChI=1S/C20H37N5O.HI/c1-5-21-20(22-11-14-24(6-2)17(3)4)23-16-18(19-10-9-15-26-19)25-12-7-8-13-25;/h9-10,15,17-18H,5-8,11-14,16H2,1-4H3,(H2,21,22,23);1H. The summed E-state index contributed by atoms with van der Waals surface area (Å²) in [7, 11) is 0. The first-order chi connectivity index (χ1) is 12.7. The van der Waals surface area contributed by atoms with Crippen molar-refractivity contribution in [3.05, 3.63) is 24.2 Å². The maximum Gasteiger partial charge on any atom is 0.191 e. The van der Waals surface area contributed by atoms with Gasteiger partial charge in [0.2, 0.25) is 0 Å². The van der Waals surface area contributed by atoms with E-state index in [1.165, 1.54) is 12.8 Å². The van der Waals surface area contributed by atoms with Gasteiger partial charge in [0.05, 0.1) is 18.8 Å². The zero-order valence-corrected chi connectivity index (χ0v) is 19.7. The molecule has 7 heteroatoms. The second-order valence-corrected chi connectivity index (χ2v) is 7.14. The molecule has 1 atom stereocenters. The van der Waals surface area contributed by atoms with E-state index in [1.807, 2.05) is 6.07 Å². The van der Waals surface area contributed by atoms with Gasteiger partial charge in [-0.25, -0.2) is 0 Å². The molecule has 0 saturated carbocycles. The smallest absolute Gasteiger partial charge is 0.191 e. The molecule has 27 heavy (non-hydrogen) atoms. The molecule has 0 radical (unpaired) electrons. The van der Waals surface area contributed by atoms with E-state index < -0.39 is 0 Å². The van der Waals surface area contributed by atoms with Crippen LogP contribution in [0.25, 0.3) is 0 Å². The second-order valence-electron chi connectivity index (χ2n) is 7.14. The van der Waals surface area contributed by atoms with Gasteiger partial charge >= 0.3 is 0 Å². The van der Waals surface area contributed by atoms with Crippen LogP contribution in [0.4, 0.5) is 0 Å². The Morgan fingerprint density at radius 2 is 2.00 bits per heavy atom. The summed E-state index contributed by atoms with van der Waals surface area (Å²) in [4.78, 5) is 9.80. The monoisotopic (exact) mass is 491 g/mol. The summed E-state index contributed by atoms with van der Waals surface area (Å²) in [6, 6.07) is 4.84. The Labute approximate surface area is 182 Å². The highest BCUT2D eigenvalue weighted by atomic mass is 127. The fourth-order valence-electron chi connectivity index (χ4n) is 3.54. The highest BCUT2D eigenvalue weighted by molar-refractivity contribution is 14.0. The van der Waals surface area contributed by atoms with Crippen molar-refractivity contribution in [3.8, 4) is 0 Å². The molecule has 156 valence electrons. The molecule has 2 N–H and O–H groups in total. The molecule has 1 fully saturated rings. The van der Waals surface area contributed by atoms with E-state index in [0.29, 0.717) is 12.6 Å². The van der Waals surface area contributed by atoms with Crippen molar-refractivity contribution in [1.29, 1.82) is 0 Å². The molecular weight excluding hydrogens is 453 g/mol. The average Bonchev–Trinajstić information content (AvgIpc) is 3.32. The van der Waals surface area contributed by atoms with Gasteiger partial charge in [0.15, 0.2) is 5.96 Å². The number of hydrogen-bond acceptors (Lipinski definition) is 4. The Bertz CT molecular complexity index is 514. The van der Waals surface area contributed by atoms with Gasteiger partial charge in [-0.15, -0.1) is 24.0 Å². The number of nitrogens with one attached hydrogen (secondary N) is 2. The molecule has 1 aliphatic rings. The van der Waals surface area contributed by atoms with Crippen LogP contribution < -0.4 is 10.6 Å². The van der Waals surface area contributed by atoms with E-state index in [1.54, 1.807) is 6.26 Å². The number of aliphatic imine (C=N–C) groups is 1. The molecule has 1 aromatic rings. The fraction of sp³-hybridized carbons (Fsp3) is 0.750. The van der Waals surface area contributed by atoms with Crippen molar-refractivity contribution in [2.75, 3.05) is 45.8 Å². The SMILES string of the molecule is CCNC(=NCC(c1ccco1)N1CCCC1)NCCN(CC)C(C)C.I. The molecule has 0 amide bonds. The van der Waals surface area contributed by atoms with Crippen LogP contribution in [-0.2, 0) is 0 Å². The lowest BCUT2D eigenvalue weighted by Gasteiger charge is -2.26. The van der Waals surface area contributed by atoms with Crippen LogP contribution in [0.1, 0.15) is 52.3 Å². The predicted molar refractivity (Wildman–Crippen MR) is 124 cm³/mol. The van der Waals surface area contributed by atoms with Crippen LogP contribution >= 0.6 is 24.0 Å². The molecule has 1 aliphatic heterocycles. The maximum atomic E-state index is 5.70. The largest absolute Gasteiger partial charge is 0.468 e. The van der Waals surface area contributed by atoms with Gasteiger partial charge in [-0.1, -0.05) is 6.92 Å². The van der Waals surface area contributed by atoms with Gasteiger partial charge in [-0.3, -0.25) is 14.8 Å². The number of likely N-dealkylation sites (N-methyl/N-ethyl adjacent to an activating group) is 1. The molecule has 2 heterocycles. The Balaban J connectivity index is 0.00000364. The van der Waals surface area contributed by atoms with Crippen molar-refractivity contribution in [1.82, 2.24) is 20.4 Å². The summed E-state index contributed by atoms with van der Waals surface area (Å²) < 4.78 is 5.70. The van der Waals surface area contributed by atoms with Gasteiger partial charge in [0.25, 0.3) is 0 Å². The number of halogens is 1. The van der Waals surface area contributed by atoms with Gasteiger partial charge in [0, 0.05) is 25.7 Å². The first-order valence-corrected chi connectivity index (χ1v) is 10.2. The number of hydrogen-bond donors (Lipinski definition) is 2. The van der Waals surface area contributed by atoms with Gasteiger partial charge in [-0.05, 0) is 65.4 Å². The summed E-state index contributed by atoms with van der Waals surface area (Å²) in [6.07, 6.45) is 4.29. The van der Waals surface area contributed by atoms with Crippen molar-refractivity contribution in [3.63, 3.8) is 0 Å². The summed E-state index contributed by atoms with van der Waals surface area (Å²) >= 11 is 0. The van der Waals surface area contributed by atoms with Gasteiger partial charge < -0.3 is 15.1 Å². The second kappa shape index (κ2) is 13.4. The Morgan fingerprint density at radius 3 is 2.56 bits per heavy atom. The van der Waals surface area contributed by atoms with Crippen LogP contribution in [0.3, 0.4) is 0 Å². The summed E-state index contributed by atoms with van der Waals surface area (Å²) in [5, 5.41) is 6.85. The van der Waals surface area contributed by atoms with Crippen LogP contribution in [0.5, 0.6) is 0 Å². The molecule has 0 bridgehead atoms. The minimum Gasteiger partial charge on any atom is -0.468 e. The summed E-state index contributed by atoms with van der Waals surface area (Å²) in [5.74, 6) is 1.91. The third-order valence-corrected chi connectivity index (χ3v) is 5.05. The molecule has 6 nitrogen and oxygen atoms in total.